The van der Waals surface area contributed by atoms with Gasteiger partial charge in [-0.3, -0.25) is 0 Å². The molecule has 1 aliphatic rings. The van der Waals surface area contributed by atoms with E-state index in [9.17, 15) is 0 Å². The van der Waals surface area contributed by atoms with Crippen molar-refractivity contribution in [3.05, 3.63) is 14.0 Å². The number of nitrogens with zero attached hydrogens (tertiary/aromatic N) is 1. The first-order valence-corrected chi connectivity index (χ1v) is 2.12. The zero-order valence-electron chi connectivity index (χ0n) is 4.13. The molecule has 7 heavy (non-hydrogen) atoms. The summed E-state index contributed by atoms with van der Waals surface area (Å²) >= 11 is 0. The summed E-state index contributed by atoms with van der Waals surface area (Å²) in [6.07, 6.45) is 0. The minimum absolute atomic E-state index is 0. The Bertz CT molecular complexity index is 44.0. The average Bonchev–Trinajstić information content (AvgIpc) is 1.33. The van der Waals surface area contributed by atoms with Crippen LogP contribution in [0.15, 0.2) is 0 Å². The van der Waals surface area contributed by atoms with E-state index in [2.05, 4.69) is 6.92 Å². The fraction of sp³-hybridized carbons (Fsp3) is 0.600. The van der Waals surface area contributed by atoms with Crippen molar-refractivity contribution < 1.29 is 21.1 Å². The second kappa shape index (κ2) is 2.84. The van der Waals surface area contributed by atoms with Crippen LogP contribution in [0, 0.1) is 19.9 Å². The van der Waals surface area contributed by atoms with Crippen LogP contribution in [0.4, 0.5) is 0 Å². The van der Waals surface area contributed by atoms with Crippen LogP contribution in [0.2, 0.25) is 0 Å². The molecule has 1 fully saturated rings. The summed E-state index contributed by atoms with van der Waals surface area (Å²) in [6.45, 7) is 5.72. The summed E-state index contributed by atoms with van der Waals surface area (Å²) in [5.74, 6) is 0.593. The molecule has 1 rings (SSSR count). The quantitative estimate of drug-likeness (QED) is 0.574. The number of hydrogen-bond acceptors (Lipinski definition) is 1. The number of likely N-dealkylation sites (tertiary alicyclic amines) is 1. The molecule has 2 heteroatoms. The van der Waals surface area contributed by atoms with Gasteiger partial charge in [-0.1, -0.05) is 0 Å². The summed E-state index contributed by atoms with van der Waals surface area (Å²) < 4.78 is 0. The molecule has 1 nitrogen and oxygen atoms in total. The molecule has 1 heterocycles. The molecule has 0 spiro atoms. The van der Waals surface area contributed by atoms with Crippen molar-refractivity contribution >= 4 is 0 Å². The van der Waals surface area contributed by atoms with Crippen LogP contribution in [0.1, 0.15) is 0 Å². The molecule has 0 unspecified atom stereocenters. The first-order valence-electron chi connectivity index (χ1n) is 2.12. The van der Waals surface area contributed by atoms with E-state index in [1.807, 2.05) is 0 Å². The van der Waals surface area contributed by atoms with Crippen molar-refractivity contribution in [1.82, 2.24) is 4.90 Å². The predicted octanol–water partition coefficient (Wildman–Crippen LogP) is 0.418. The van der Waals surface area contributed by atoms with Gasteiger partial charge in [0.25, 0.3) is 0 Å². The maximum Gasteiger partial charge on any atom is 0.0436 e. The third-order valence-electron chi connectivity index (χ3n) is 0.985. The molecular weight excluding hydrogens is 258 g/mol. The fourth-order valence-electron chi connectivity index (χ4n) is 0.610. The summed E-state index contributed by atoms with van der Waals surface area (Å²) in [5, 5.41) is 0. The van der Waals surface area contributed by atoms with Crippen LogP contribution in [-0.4, -0.2) is 18.0 Å². The van der Waals surface area contributed by atoms with Crippen molar-refractivity contribution in [3.8, 4) is 0 Å². The molecule has 2 radical (unpaired) electrons. The Hall–Kier alpha value is 0.648. The van der Waals surface area contributed by atoms with E-state index < -0.39 is 0 Å². The van der Waals surface area contributed by atoms with Gasteiger partial charge in [0.1, 0.15) is 0 Å². The molecule has 0 N–H and O–H groups in total. The van der Waals surface area contributed by atoms with Crippen molar-refractivity contribution in [2.45, 2.75) is 0 Å². The fourth-order valence-corrected chi connectivity index (χ4v) is 0.610. The standard InChI is InChI=1S/C5H8N.W/c1-5-3-6(2)4-5;/h2,5H,1,3-4H2;/q-1;. The maximum absolute atomic E-state index is 5.26. The van der Waals surface area contributed by atoms with Crippen molar-refractivity contribution in [2.24, 2.45) is 5.92 Å². The van der Waals surface area contributed by atoms with Crippen LogP contribution in [0.5, 0.6) is 0 Å². The number of hydrogen-bond donors (Lipinski definition) is 0. The van der Waals surface area contributed by atoms with Gasteiger partial charge in [0, 0.05) is 28.1 Å². The van der Waals surface area contributed by atoms with Crippen molar-refractivity contribution in [3.63, 3.8) is 0 Å². The Morgan fingerprint density at radius 1 is 1.57 bits per heavy atom. The van der Waals surface area contributed by atoms with Gasteiger partial charge in [-0.25, -0.2) is 0 Å². The largest absolute Gasteiger partial charge is 0.338 e. The van der Waals surface area contributed by atoms with Gasteiger partial charge in [0.2, 0.25) is 0 Å². The molecule has 0 amide bonds. The van der Waals surface area contributed by atoms with Gasteiger partial charge in [0.15, 0.2) is 0 Å². The minimum Gasteiger partial charge on any atom is -0.338 e. The molecule has 1 saturated heterocycles. The van der Waals surface area contributed by atoms with Gasteiger partial charge < -0.3 is 11.8 Å². The molecule has 0 aromatic heterocycles. The van der Waals surface area contributed by atoms with E-state index in [0.29, 0.717) is 5.92 Å². The Kier molecular flexibility index (Phi) is 3.10. The topological polar surface area (TPSA) is 3.24 Å². The minimum atomic E-state index is 0. The van der Waals surface area contributed by atoms with Crippen molar-refractivity contribution in [1.29, 1.82) is 0 Å². The molecule has 1 aliphatic heterocycles. The Morgan fingerprint density at radius 2 is 2.00 bits per heavy atom. The van der Waals surface area contributed by atoms with E-state index in [0.717, 1.165) is 13.1 Å². The predicted molar refractivity (Wildman–Crippen MR) is 24.7 cm³/mol. The second-order valence-corrected chi connectivity index (χ2v) is 1.82. The Morgan fingerprint density at radius 3 is 2.00 bits per heavy atom. The van der Waals surface area contributed by atoms with Crippen LogP contribution < -0.4 is 0 Å². The summed E-state index contributed by atoms with van der Waals surface area (Å²) in [5.41, 5.74) is 0. The Balaban J connectivity index is 0.000000360. The van der Waals surface area contributed by atoms with Gasteiger partial charge in [-0.2, -0.15) is 0 Å². The molecule has 0 atom stereocenters. The summed E-state index contributed by atoms with van der Waals surface area (Å²) in [6, 6.07) is 0. The molecule has 0 bridgehead atoms. The zero-order chi connectivity index (χ0) is 4.57. The smallest absolute Gasteiger partial charge is 0.0436 e. The third-order valence-corrected chi connectivity index (χ3v) is 0.985. The molecule has 40 valence electrons. The van der Waals surface area contributed by atoms with Crippen LogP contribution in [-0.2, 0) is 21.1 Å². The first-order chi connectivity index (χ1) is 2.79. The number of rotatable bonds is 0. The van der Waals surface area contributed by atoms with Crippen LogP contribution >= 0.6 is 0 Å². The molecule has 0 aromatic rings. The monoisotopic (exact) mass is 266 g/mol. The molecule has 0 aromatic carbocycles. The molecule has 0 saturated carbocycles. The maximum atomic E-state index is 5.26. The van der Waals surface area contributed by atoms with Crippen LogP contribution in [0.3, 0.4) is 0 Å². The van der Waals surface area contributed by atoms with Gasteiger partial charge in [0.05, 0.1) is 0 Å². The van der Waals surface area contributed by atoms with E-state index in [4.69, 9.17) is 7.05 Å². The van der Waals surface area contributed by atoms with E-state index in [-0.39, 0.29) is 21.1 Å². The van der Waals surface area contributed by atoms with Crippen LogP contribution in [0.25, 0.3) is 0 Å². The SMILES string of the molecule is [CH]N1CC([CH2-])C1.[W]. The van der Waals surface area contributed by atoms with E-state index in [1.165, 1.54) is 0 Å². The first kappa shape index (κ1) is 7.65. The van der Waals surface area contributed by atoms with E-state index in [1.54, 1.807) is 4.90 Å². The van der Waals surface area contributed by atoms with Gasteiger partial charge in [-0.15, -0.1) is 5.92 Å². The second-order valence-electron chi connectivity index (χ2n) is 1.82. The normalized spacial score (nSPS) is 23.1. The molecular formula is C5H8NW-. The zero-order valence-corrected chi connectivity index (χ0v) is 7.06. The Labute approximate surface area is 59.3 Å². The summed E-state index contributed by atoms with van der Waals surface area (Å²) in [4.78, 5) is 1.76. The van der Waals surface area contributed by atoms with Gasteiger partial charge >= 0.3 is 0 Å². The summed E-state index contributed by atoms with van der Waals surface area (Å²) in [7, 11) is 5.26. The van der Waals surface area contributed by atoms with Crippen molar-refractivity contribution in [2.75, 3.05) is 13.1 Å². The average molecular weight is 266 g/mol. The third kappa shape index (κ3) is 1.92. The molecule has 0 aliphatic carbocycles. The van der Waals surface area contributed by atoms with Gasteiger partial charge in [-0.05, 0) is 13.1 Å². The van der Waals surface area contributed by atoms with E-state index >= 15 is 0 Å².